The molecule has 108 valence electrons. The average molecular weight is 280 g/mol. The van der Waals surface area contributed by atoms with E-state index in [-0.39, 0.29) is 11.7 Å². The van der Waals surface area contributed by atoms with Gasteiger partial charge in [-0.15, -0.1) is 0 Å². The van der Waals surface area contributed by atoms with Gasteiger partial charge in [-0.1, -0.05) is 12.8 Å². The van der Waals surface area contributed by atoms with E-state index >= 15 is 0 Å². The van der Waals surface area contributed by atoms with Crippen molar-refractivity contribution < 1.29 is 19.1 Å². The molecule has 1 aromatic rings. The molecule has 2 amide bonds. The van der Waals surface area contributed by atoms with Crippen LogP contribution >= 0.6 is 0 Å². The molecule has 5 nitrogen and oxygen atoms in total. The predicted molar refractivity (Wildman–Crippen MR) is 72.4 cm³/mol. The lowest BCUT2D eigenvalue weighted by Crippen LogP contribution is -2.35. The summed E-state index contributed by atoms with van der Waals surface area (Å²) >= 11 is 0. The summed E-state index contributed by atoms with van der Waals surface area (Å²) in [4.78, 5) is 24.6. The monoisotopic (exact) mass is 280 g/mol. The van der Waals surface area contributed by atoms with Crippen molar-refractivity contribution in [2.24, 2.45) is 0 Å². The van der Waals surface area contributed by atoms with Crippen molar-refractivity contribution in [1.29, 1.82) is 0 Å². The van der Waals surface area contributed by atoms with Crippen LogP contribution in [0.15, 0.2) is 18.2 Å². The summed E-state index contributed by atoms with van der Waals surface area (Å²) in [6.07, 6.45) is 4.17. The highest BCUT2D eigenvalue weighted by Crippen LogP contribution is 2.16. The Morgan fingerprint density at radius 3 is 2.40 bits per heavy atom. The maximum atomic E-state index is 13.3. The molecule has 0 saturated carbocycles. The zero-order valence-corrected chi connectivity index (χ0v) is 11.1. The number of carbonyl (C=O) groups is 2. The Bertz CT molecular complexity index is 511. The van der Waals surface area contributed by atoms with Crippen molar-refractivity contribution in [3.63, 3.8) is 0 Å². The second-order valence-electron chi connectivity index (χ2n) is 4.83. The van der Waals surface area contributed by atoms with Crippen LogP contribution in [0.4, 0.5) is 14.9 Å². The summed E-state index contributed by atoms with van der Waals surface area (Å²) in [5.74, 6) is -2.17. The molecule has 1 saturated heterocycles. The van der Waals surface area contributed by atoms with Crippen molar-refractivity contribution in [2.45, 2.75) is 25.7 Å². The van der Waals surface area contributed by atoms with Crippen LogP contribution in [0.25, 0.3) is 0 Å². The molecule has 1 fully saturated rings. The topological polar surface area (TPSA) is 69.6 Å². The Kier molecular flexibility index (Phi) is 4.55. The van der Waals surface area contributed by atoms with Crippen LogP contribution in [0.1, 0.15) is 36.0 Å². The third-order valence-electron chi connectivity index (χ3n) is 3.34. The first-order chi connectivity index (χ1) is 9.58. The molecule has 0 atom stereocenters. The molecule has 0 aromatic heterocycles. The Morgan fingerprint density at radius 1 is 1.15 bits per heavy atom. The van der Waals surface area contributed by atoms with E-state index in [0.29, 0.717) is 13.1 Å². The summed E-state index contributed by atoms with van der Waals surface area (Å²) in [5, 5.41) is 11.5. The number of halogens is 1. The molecule has 0 unspecified atom stereocenters. The molecule has 0 spiro atoms. The molecule has 2 N–H and O–H groups in total. The fraction of sp³-hybridized carbons (Fsp3) is 0.429. The summed E-state index contributed by atoms with van der Waals surface area (Å²) in [6.45, 7) is 1.39. The maximum Gasteiger partial charge on any atom is 0.338 e. The van der Waals surface area contributed by atoms with E-state index in [9.17, 15) is 14.0 Å². The largest absolute Gasteiger partial charge is 0.478 e. The second kappa shape index (κ2) is 6.36. The van der Waals surface area contributed by atoms with Crippen LogP contribution in [0.5, 0.6) is 0 Å². The number of carboxylic acids is 1. The number of urea groups is 1. The fourth-order valence-corrected chi connectivity index (χ4v) is 2.24. The molecule has 0 bridgehead atoms. The zero-order valence-electron chi connectivity index (χ0n) is 11.1. The van der Waals surface area contributed by atoms with Gasteiger partial charge in [-0.25, -0.2) is 14.0 Å². The van der Waals surface area contributed by atoms with Gasteiger partial charge in [0.05, 0.1) is 5.56 Å². The molecule has 1 heterocycles. The fourth-order valence-electron chi connectivity index (χ4n) is 2.24. The quantitative estimate of drug-likeness (QED) is 0.875. The number of likely N-dealkylation sites (tertiary alicyclic amines) is 1. The molecule has 6 heteroatoms. The number of amides is 2. The van der Waals surface area contributed by atoms with E-state index < -0.39 is 17.3 Å². The van der Waals surface area contributed by atoms with Crippen molar-refractivity contribution >= 4 is 17.7 Å². The Hall–Kier alpha value is -2.11. The number of nitrogens with one attached hydrogen (secondary N) is 1. The number of hydrogen-bond acceptors (Lipinski definition) is 2. The van der Waals surface area contributed by atoms with Crippen LogP contribution in [0.2, 0.25) is 0 Å². The number of benzene rings is 1. The average Bonchev–Trinajstić information content (AvgIpc) is 2.69. The number of carboxylic acid groups (broad SMARTS) is 1. The molecule has 1 aromatic carbocycles. The Balaban J connectivity index is 2.07. The van der Waals surface area contributed by atoms with Gasteiger partial charge in [0, 0.05) is 18.8 Å². The lowest BCUT2D eigenvalue weighted by atomic mass is 10.2. The van der Waals surface area contributed by atoms with Gasteiger partial charge in [-0.3, -0.25) is 0 Å². The molecule has 20 heavy (non-hydrogen) atoms. The van der Waals surface area contributed by atoms with Gasteiger partial charge in [0.15, 0.2) is 0 Å². The molecular formula is C14H17FN2O3. The third kappa shape index (κ3) is 3.46. The lowest BCUT2D eigenvalue weighted by Gasteiger charge is -2.20. The smallest absolute Gasteiger partial charge is 0.338 e. The normalized spacial score (nSPS) is 15.6. The zero-order chi connectivity index (χ0) is 14.5. The van der Waals surface area contributed by atoms with Crippen LogP contribution in [0.3, 0.4) is 0 Å². The number of anilines is 1. The van der Waals surface area contributed by atoms with E-state index in [2.05, 4.69) is 5.32 Å². The molecule has 1 aliphatic rings. The van der Waals surface area contributed by atoms with Crippen molar-refractivity contribution in [2.75, 3.05) is 18.4 Å². The van der Waals surface area contributed by atoms with E-state index in [4.69, 9.17) is 5.11 Å². The van der Waals surface area contributed by atoms with Crippen LogP contribution in [-0.4, -0.2) is 35.1 Å². The standard InChI is InChI=1S/C14H17FN2O3/c15-12-6-5-10(9-11(12)13(18)19)16-14(20)17-7-3-1-2-4-8-17/h5-6,9H,1-4,7-8H2,(H,16,20)(H,18,19). The van der Waals surface area contributed by atoms with Gasteiger partial charge in [-0.05, 0) is 31.0 Å². The highest BCUT2D eigenvalue weighted by Gasteiger charge is 2.17. The van der Waals surface area contributed by atoms with Gasteiger partial charge >= 0.3 is 12.0 Å². The van der Waals surface area contributed by atoms with Gasteiger partial charge in [0.2, 0.25) is 0 Å². The molecule has 2 rings (SSSR count). The van der Waals surface area contributed by atoms with E-state index in [1.807, 2.05) is 0 Å². The number of carbonyl (C=O) groups excluding carboxylic acids is 1. The lowest BCUT2D eigenvalue weighted by molar-refractivity contribution is 0.0692. The molecule has 0 radical (unpaired) electrons. The van der Waals surface area contributed by atoms with Gasteiger partial charge in [0.25, 0.3) is 0 Å². The van der Waals surface area contributed by atoms with E-state index in [0.717, 1.165) is 37.8 Å². The minimum absolute atomic E-state index is 0.269. The molecule has 0 aliphatic carbocycles. The number of aromatic carboxylic acids is 1. The Morgan fingerprint density at radius 2 is 1.80 bits per heavy atom. The number of rotatable bonds is 2. The first-order valence-corrected chi connectivity index (χ1v) is 6.66. The SMILES string of the molecule is O=C(O)c1cc(NC(=O)N2CCCCCC2)ccc1F. The first kappa shape index (κ1) is 14.3. The van der Waals surface area contributed by atoms with Crippen molar-refractivity contribution in [3.05, 3.63) is 29.6 Å². The molecule has 1 aliphatic heterocycles. The maximum absolute atomic E-state index is 13.3. The van der Waals surface area contributed by atoms with Crippen LogP contribution in [0, 0.1) is 5.82 Å². The van der Waals surface area contributed by atoms with Crippen LogP contribution in [-0.2, 0) is 0 Å². The first-order valence-electron chi connectivity index (χ1n) is 6.66. The number of nitrogens with zero attached hydrogens (tertiary/aromatic N) is 1. The summed E-state index contributed by atoms with van der Waals surface area (Å²) in [6, 6.07) is 3.27. The van der Waals surface area contributed by atoms with E-state index in [1.54, 1.807) is 4.90 Å². The highest BCUT2D eigenvalue weighted by atomic mass is 19.1. The third-order valence-corrected chi connectivity index (χ3v) is 3.34. The second-order valence-corrected chi connectivity index (χ2v) is 4.83. The summed E-state index contributed by atoms with van der Waals surface area (Å²) in [7, 11) is 0. The minimum atomic E-state index is -1.35. The predicted octanol–water partition coefficient (Wildman–Crippen LogP) is 2.93. The summed E-state index contributed by atoms with van der Waals surface area (Å²) < 4.78 is 13.3. The van der Waals surface area contributed by atoms with Gasteiger partial charge in [-0.2, -0.15) is 0 Å². The highest BCUT2D eigenvalue weighted by molar-refractivity contribution is 5.93. The van der Waals surface area contributed by atoms with Gasteiger partial charge < -0.3 is 15.3 Å². The minimum Gasteiger partial charge on any atom is -0.478 e. The van der Waals surface area contributed by atoms with Crippen molar-refractivity contribution in [3.8, 4) is 0 Å². The number of hydrogen-bond donors (Lipinski definition) is 2. The summed E-state index contributed by atoms with van der Waals surface area (Å²) in [5.41, 5.74) is -0.156. The van der Waals surface area contributed by atoms with Crippen LogP contribution < -0.4 is 5.32 Å². The molecular weight excluding hydrogens is 263 g/mol. The van der Waals surface area contributed by atoms with E-state index in [1.165, 1.54) is 6.07 Å². The van der Waals surface area contributed by atoms with Crippen molar-refractivity contribution in [1.82, 2.24) is 4.90 Å². The Labute approximate surface area is 116 Å². The van der Waals surface area contributed by atoms with Gasteiger partial charge in [0.1, 0.15) is 5.82 Å².